The Morgan fingerprint density at radius 1 is 1.00 bits per heavy atom. The molecule has 0 unspecified atom stereocenters. The number of benzene rings is 1. The molecule has 19 heavy (non-hydrogen) atoms. The second-order valence-electron chi connectivity index (χ2n) is 4.15. The minimum absolute atomic E-state index is 0.626. The lowest BCUT2D eigenvalue weighted by molar-refractivity contribution is 0.130. The number of nitrogens with two attached hydrogens (primary N) is 1. The molecule has 0 radical (unpaired) electrons. The molecule has 0 atom stereocenters. The Morgan fingerprint density at radius 2 is 1.84 bits per heavy atom. The van der Waals surface area contributed by atoms with Crippen LogP contribution in [-0.2, 0) is 11.2 Å². The van der Waals surface area contributed by atoms with Gasteiger partial charge in [-0.25, -0.2) is 0 Å². The summed E-state index contributed by atoms with van der Waals surface area (Å²) in [6.45, 7) is 7.33. The zero-order chi connectivity index (χ0) is 13.9. The summed E-state index contributed by atoms with van der Waals surface area (Å²) in [6, 6.07) is 6.00. The molecule has 0 saturated carbocycles. The van der Waals surface area contributed by atoms with Crippen LogP contribution in [0.5, 0.6) is 11.5 Å². The van der Waals surface area contributed by atoms with E-state index in [1.807, 2.05) is 32.0 Å². The van der Waals surface area contributed by atoms with Crippen molar-refractivity contribution >= 4 is 0 Å². The van der Waals surface area contributed by atoms with Gasteiger partial charge in [0.15, 0.2) is 11.5 Å². The Kier molecular flexibility index (Phi) is 8.02. The van der Waals surface area contributed by atoms with Gasteiger partial charge in [0.25, 0.3) is 0 Å². The molecule has 0 bridgehead atoms. The van der Waals surface area contributed by atoms with E-state index in [2.05, 4.69) is 0 Å². The van der Waals surface area contributed by atoms with Gasteiger partial charge in [0, 0.05) is 19.6 Å². The quantitative estimate of drug-likeness (QED) is 0.661. The zero-order valence-electron chi connectivity index (χ0n) is 12.0. The lowest BCUT2D eigenvalue weighted by atomic mass is 10.1. The van der Waals surface area contributed by atoms with Crippen LogP contribution in [0.25, 0.3) is 0 Å². The van der Waals surface area contributed by atoms with E-state index >= 15 is 0 Å². The molecule has 0 amide bonds. The molecule has 0 aliphatic carbocycles. The lowest BCUT2D eigenvalue weighted by Gasteiger charge is -2.13. The Balaban J connectivity index is 2.54. The third-order valence-electron chi connectivity index (χ3n) is 2.64. The van der Waals surface area contributed by atoms with Gasteiger partial charge in [-0.15, -0.1) is 0 Å². The molecular formula is C15H25NO3. The molecule has 0 spiro atoms. The van der Waals surface area contributed by atoms with E-state index in [1.54, 1.807) is 0 Å². The highest BCUT2D eigenvalue weighted by Crippen LogP contribution is 2.28. The van der Waals surface area contributed by atoms with Crippen molar-refractivity contribution < 1.29 is 14.2 Å². The summed E-state index contributed by atoms with van der Waals surface area (Å²) in [7, 11) is 0. The van der Waals surface area contributed by atoms with Crippen LogP contribution in [0, 0.1) is 0 Å². The molecule has 2 N–H and O–H groups in total. The molecule has 0 fully saturated rings. The molecule has 0 aromatic heterocycles. The van der Waals surface area contributed by atoms with Gasteiger partial charge in [-0.05, 0) is 44.5 Å². The highest BCUT2D eigenvalue weighted by Gasteiger charge is 2.06. The molecule has 4 nitrogen and oxygen atoms in total. The smallest absolute Gasteiger partial charge is 0.161 e. The Morgan fingerprint density at radius 3 is 2.53 bits per heavy atom. The molecule has 108 valence electrons. The van der Waals surface area contributed by atoms with Gasteiger partial charge in [-0.3, -0.25) is 0 Å². The van der Waals surface area contributed by atoms with Crippen molar-refractivity contribution in [2.75, 3.05) is 33.0 Å². The van der Waals surface area contributed by atoms with E-state index in [4.69, 9.17) is 19.9 Å². The van der Waals surface area contributed by atoms with Crippen molar-refractivity contribution in [3.8, 4) is 11.5 Å². The summed E-state index contributed by atoms with van der Waals surface area (Å²) in [6.07, 6.45) is 1.73. The van der Waals surface area contributed by atoms with Crippen LogP contribution in [0.15, 0.2) is 18.2 Å². The molecule has 1 aromatic rings. The second-order valence-corrected chi connectivity index (χ2v) is 4.15. The maximum Gasteiger partial charge on any atom is 0.161 e. The van der Waals surface area contributed by atoms with E-state index < -0.39 is 0 Å². The van der Waals surface area contributed by atoms with Gasteiger partial charge >= 0.3 is 0 Å². The molecule has 1 aromatic carbocycles. The van der Waals surface area contributed by atoms with E-state index in [1.165, 1.54) is 5.56 Å². The first-order valence-electron chi connectivity index (χ1n) is 6.98. The first-order valence-corrected chi connectivity index (χ1v) is 6.98. The van der Waals surface area contributed by atoms with Gasteiger partial charge in [0.05, 0.1) is 13.2 Å². The van der Waals surface area contributed by atoms with E-state index in [9.17, 15) is 0 Å². The summed E-state index contributed by atoms with van der Waals surface area (Å²) in [5.41, 5.74) is 6.74. The molecule has 0 aliphatic heterocycles. The normalized spacial score (nSPS) is 10.5. The molecule has 0 heterocycles. The van der Waals surface area contributed by atoms with Crippen LogP contribution < -0.4 is 15.2 Å². The van der Waals surface area contributed by atoms with Crippen LogP contribution in [0.3, 0.4) is 0 Å². The second kappa shape index (κ2) is 9.64. The minimum Gasteiger partial charge on any atom is -0.490 e. The minimum atomic E-state index is 0.626. The van der Waals surface area contributed by atoms with Crippen LogP contribution >= 0.6 is 0 Å². The number of ether oxygens (including phenoxy) is 3. The number of hydrogen-bond donors (Lipinski definition) is 1. The average molecular weight is 267 g/mol. The van der Waals surface area contributed by atoms with Crippen molar-refractivity contribution in [2.24, 2.45) is 5.73 Å². The molecule has 1 rings (SSSR count). The van der Waals surface area contributed by atoms with Crippen LogP contribution in [0.1, 0.15) is 25.8 Å². The van der Waals surface area contributed by atoms with E-state index in [0.717, 1.165) is 37.6 Å². The van der Waals surface area contributed by atoms with E-state index in [0.29, 0.717) is 19.8 Å². The van der Waals surface area contributed by atoms with Crippen molar-refractivity contribution in [3.63, 3.8) is 0 Å². The fourth-order valence-electron chi connectivity index (χ4n) is 1.75. The van der Waals surface area contributed by atoms with Crippen LogP contribution in [0.4, 0.5) is 0 Å². The van der Waals surface area contributed by atoms with Crippen molar-refractivity contribution in [2.45, 2.75) is 26.7 Å². The maximum absolute atomic E-state index is 5.73. The van der Waals surface area contributed by atoms with Gasteiger partial charge in [-0.2, -0.15) is 0 Å². The Hall–Kier alpha value is -1.26. The predicted molar refractivity (Wildman–Crippen MR) is 77.0 cm³/mol. The predicted octanol–water partition coefficient (Wildman–Crippen LogP) is 2.39. The van der Waals surface area contributed by atoms with E-state index in [-0.39, 0.29) is 0 Å². The summed E-state index contributed by atoms with van der Waals surface area (Å²) in [5, 5.41) is 0. The summed E-state index contributed by atoms with van der Waals surface area (Å²) in [4.78, 5) is 0. The molecular weight excluding hydrogens is 242 g/mol. The summed E-state index contributed by atoms with van der Waals surface area (Å²) in [5.74, 6) is 1.59. The average Bonchev–Trinajstić information content (AvgIpc) is 2.41. The van der Waals surface area contributed by atoms with Crippen LogP contribution in [0.2, 0.25) is 0 Å². The fraction of sp³-hybridized carbons (Fsp3) is 0.600. The van der Waals surface area contributed by atoms with Gasteiger partial charge in [0.1, 0.15) is 0 Å². The molecule has 0 saturated heterocycles. The van der Waals surface area contributed by atoms with Crippen molar-refractivity contribution in [1.82, 2.24) is 0 Å². The van der Waals surface area contributed by atoms with Crippen molar-refractivity contribution in [3.05, 3.63) is 23.8 Å². The van der Waals surface area contributed by atoms with Gasteiger partial charge in [0.2, 0.25) is 0 Å². The topological polar surface area (TPSA) is 53.7 Å². The first-order chi connectivity index (χ1) is 9.31. The zero-order valence-corrected chi connectivity index (χ0v) is 12.0. The maximum atomic E-state index is 5.73. The molecule has 0 aliphatic rings. The standard InChI is InChI=1S/C15H25NO3/c1-3-17-10-5-11-19-14-7-6-13(8-9-16)12-15(14)18-4-2/h6-7,12H,3-5,8-11,16H2,1-2H3. The third kappa shape index (κ3) is 5.94. The summed E-state index contributed by atoms with van der Waals surface area (Å²) < 4.78 is 16.6. The fourth-order valence-corrected chi connectivity index (χ4v) is 1.75. The highest BCUT2D eigenvalue weighted by atomic mass is 16.5. The van der Waals surface area contributed by atoms with Crippen molar-refractivity contribution in [1.29, 1.82) is 0 Å². The highest BCUT2D eigenvalue weighted by molar-refractivity contribution is 5.43. The number of hydrogen-bond acceptors (Lipinski definition) is 4. The van der Waals surface area contributed by atoms with Gasteiger partial charge in [-0.1, -0.05) is 6.07 Å². The number of rotatable bonds is 10. The lowest BCUT2D eigenvalue weighted by Crippen LogP contribution is -2.06. The SMILES string of the molecule is CCOCCCOc1ccc(CCN)cc1OCC. The first kappa shape index (κ1) is 15.8. The van der Waals surface area contributed by atoms with Crippen LogP contribution in [-0.4, -0.2) is 33.0 Å². The summed E-state index contributed by atoms with van der Waals surface area (Å²) >= 11 is 0. The third-order valence-corrected chi connectivity index (χ3v) is 2.64. The monoisotopic (exact) mass is 267 g/mol. The van der Waals surface area contributed by atoms with Gasteiger partial charge < -0.3 is 19.9 Å². The Labute approximate surface area is 115 Å². The molecule has 4 heteroatoms. The Bertz CT molecular complexity index is 355. The largest absolute Gasteiger partial charge is 0.490 e.